The number of hydrogen-bond acceptors (Lipinski definition) is 8. The van der Waals surface area contributed by atoms with E-state index in [1.807, 2.05) is 12.1 Å². The van der Waals surface area contributed by atoms with Crippen LogP contribution in [-0.4, -0.2) is 48.9 Å². The van der Waals surface area contributed by atoms with Crippen molar-refractivity contribution in [1.29, 1.82) is 0 Å². The summed E-state index contributed by atoms with van der Waals surface area (Å²) < 4.78 is 34.5. The summed E-state index contributed by atoms with van der Waals surface area (Å²) in [5, 5.41) is 4.01. The van der Waals surface area contributed by atoms with Crippen molar-refractivity contribution < 1.29 is 27.9 Å². The molecule has 32 heavy (non-hydrogen) atoms. The number of aromatic nitrogens is 2. The third kappa shape index (κ3) is 4.43. The lowest BCUT2D eigenvalue weighted by Crippen LogP contribution is -2.36. The molecule has 0 bridgehead atoms. The first-order valence-electron chi connectivity index (χ1n) is 10.2. The molecule has 4 rings (SSSR count). The minimum absolute atomic E-state index is 0.165. The number of benzene rings is 2. The normalized spacial score (nSPS) is 15.8. The first-order valence-corrected chi connectivity index (χ1v) is 10.2. The van der Waals surface area contributed by atoms with Crippen LogP contribution >= 0.6 is 0 Å². The lowest BCUT2D eigenvalue weighted by molar-refractivity contribution is -0.142. The average Bonchev–Trinajstić information content (AvgIpc) is 3.28. The van der Waals surface area contributed by atoms with Gasteiger partial charge in [-0.25, -0.2) is 4.39 Å². The van der Waals surface area contributed by atoms with Gasteiger partial charge in [-0.1, -0.05) is 5.16 Å². The van der Waals surface area contributed by atoms with Crippen molar-refractivity contribution in [2.45, 2.75) is 25.4 Å². The molecule has 9 heteroatoms. The van der Waals surface area contributed by atoms with Crippen molar-refractivity contribution in [2.75, 3.05) is 27.9 Å². The fraction of sp³-hybridized carbons (Fsp3) is 0.348. The molecule has 1 atom stereocenters. The number of carbonyl (C=O) groups is 1. The zero-order valence-electron chi connectivity index (χ0n) is 18.1. The summed E-state index contributed by atoms with van der Waals surface area (Å²) in [5.41, 5.74) is 2.72. The highest BCUT2D eigenvalue weighted by Crippen LogP contribution is 2.40. The number of fused-ring (bicyclic) bond motifs is 1. The molecule has 168 valence electrons. The van der Waals surface area contributed by atoms with E-state index in [-0.39, 0.29) is 24.2 Å². The van der Waals surface area contributed by atoms with Gasteiger partial charge in [-0.3, -0.25) is 9.69 Å². The summed E-state index contributed by atoms with van der Waals surface area (Å²) in [6.45, 7) is 1.03. The first kappa shape index (κ1) is 21.8. The van der Waals surface area contributed by atoms with E-state index in [0.717, 1.165) is 17.5 Å². The molecule has 2 aromatic carbocycles. The van der Waals surface area contributed by atoms with Crippen LogP contribution in [-0.2, 0) is 22.5 Å². The molecule has 1 aliphatic rings. The first-order chi connectivity index (χ1) is 15.5. The molecule has 1 aromatic heterocycles. The van der Waals surface area contributed by atoms with Crippen molar-refractivity contribution in [2.24, 2.45) is 0 Å². The molecular weight excluding hydrogens is 417 g/mol. The summed E-state index contributed by atoms with van der Waals surface area (Å²) in [5.74, 6) is 1.38. The second-order valence-electron chi connectivity index (χ2n) is 7.44. The molecule has 3 aromatic rings. The minimum Gasteiger partial charge on any atom is -0.493 e. The van der Waals surface area contributed by atoms with Crippen LogP contribution in [0.2, 0.25) is 0 Å². The highest BCUT2D eigenvalue weighted by molar-refractivity contribution is 5.70. The van der Waals surface area contributed by atoms with E-state index in [4.69, 9.17) is 18.7 Å². The Morgan fingerprint density at radius 1 is 1.16 bits per heavy atom. The molecule has 0 N–H and O–H groups in total. The van der Waals surface area contributed by atoms with Gasteiger partial charge in [-0.15, -0.1) is 0 Å². The van der Waals surface area contributed by atoms with Crippen molar-refractivity contribution in [1.82, 2.24) is 15.0 Å². The predicted molar refractivity (Wildman–Crippen MR) is 113 cm³/mol. The molecular formula is C23H24FN3O5. The van der Waals surface area contributed by atoms with Gasteiger partial charge >= 0.3 is 5.97 Å². The predicted octanol–water partition coefficient (Wildman–Crippen LogP) is 3.56. The lowest BCUT2D eigenvalue weighted by atomic mass is 9.90. The molecule has 0 saturated heterocycles. The molecule has 8 nitrogen and oxygen atoms in total. The molecule has 0 radical (unpaired) electrons. The van der Waals surface area contributed by atoms with Crippen molar-refractivity contribution in [3.8, 4) is 22.9 Å². The topological polar surface area (TPSA) is 86.9 Å². The van der Waals surface area contributed by atoms with E-state index in [2.05, 4.69) is 15.0 Å². The minimum atomic E-state index is -0.331. The van der Waals surface area contributed by atoms with Gasteiger partial charge in [-0.2, -0.15) is 4.98 Å². The van der Waals surface area contributed by atoms with Gasteiger partial charge < -0.3 is 18.7 Å². The highest BCUT2D eigenvalue weighted by Gasteiger charge is 2.32. The number of nitrogens with zero attached hydrogens (tertiary/aromatic N) is 3. The smallest absolute Gasteiger partial charge is 0.307 e. The lowest BCUT2D eigenvalue weighted by Gasteiger charge is -2.36. The van der Waals surface area contributed by atoms with Crippen LogP contribution in [0.5, 0.6) is 11.5 Å². The number of halogens is 1. The highest BCUT2D eigenvalue weighted by atomic mass is 19.1. The van der Waals surface area contributed by atoms with Gasteiger partial charge in [0.25, 0.3) is 0 Å². The van der Waals surface area contributed by atoms with Crippen LogP contribution in [0.15, 0.2) is 40.9 Å². The average molecular weight is 441 g/mol. The maximum atomic E-state index is 13.2. The molecule has 1 aliphatic heterocycles. The zero-order chi connectivity index (χ0) is 22.7. The number of hydrogen-bond donors (Lipinski definition) is 0. The van der Waals surface area contributed by atoms with Crippen LogP contribution in [0.1, 0.15) is 29.5 Å². The van der Waals surface area contributed by atoms with Crippen LogP contribution < -0.4 is 9.47 Å². The molecule has 2 heterocycles. The molecule has 0 amide bonds. The molecule has 0 saturated carbocycles. The number of methoxy groups -OCH3 is 3. The van der Waals surface area contributed by atoms with Gasteiger partial charge in [-0.05, 0) is 53.9 Å². The number of esters is 1. The molecule has 0 fully saturated rings. The maximum Gasteiger partial charge on any atom is 0.307 e. The molecule has 0 spiro atoms. The monoisotopic (exact) mass is 441 g/mol. The second-order valence-corrected chi connectivity index (χ2v) is 7.44. The Morgan fingerprint density at radius 2 is 1.88 bits per heavy atom. The number of ether oxygens (including phenoxy) is 3. The zero-order valence-corrected chi connectivity index (χ0v) is 18.1. The largest absolute Gasteiger partial charge is 0.493 e. The van der Waals surface area contributed by atoms with Crippen LogP contribution in [0.25, 0.3) is 11.4 Å². The van der Waals surface area contributed by atoms with E-state index in [1.54, 1.807) is 26.4 Å². The summed E-state index contributed by atoms with van der Waals surface area (Å²) in [4.78, 5) is 18.8. The van der Waals surface area contributed by atoms with Gasteiger partial charge in [0.15, 0.2) is 11.5 Å². The standard InChI is InChI=1S/C23H24FN3O5/c1-29-19-10-15-8-9-27(18(12-22(28)31-3)17(15)11-20(19)30-2)13-21-25-23(26-32-21)14-4-6-16(24)7-5-14/h4-7,10-11,18H,8-9,12-13H2,1-3H3/t18-/m1/s1. The number of carbonyl (C=O) groups excluding carboxylic acids is 1. The summed E-state index contributed by atoms with van der Waals surface area (Å²) in [6, 6.07) is 9.50. The Labute approximate surface area is 184 Å². The van der Waals surface area contributed by atoms with Gasteiger partial charge in [0, 0.05) is 18.2 Å². The number of rotatable bonds is 7. The summed E-state index contributed by atoms with van der Waals surface area (Å²) in [6.07, 6.45) is 0.921. The summed E-state index contributed by atoms with van der Waals surface area (Å²) in [7, 11) is 4.55. The van der Waals surface area contributed by atoms with Gasteiger partial charge in [0.1, 0.15) is 5.82 Å². The fourth-order valence-corrected chi connectivity index (χ4v) is 3.96. The van der Waals surface area contributed by atoms with E-state index >= 15 is 0 Å². The molecule has 0 unspecified atom stereocenters. The van der Waals surface area contributed by atoms with Crippen molar-refractivity contribution in [3.63, 3.8) is 0 Å². The second kappa shape index (κ2) is 9.35. The molecule has 0 aliphatic carbocycles. The Hall–Kier alpha value is -3.46. The van der Waals surface area contributed by atoms with Crippen molar-refractivity contribution >= 4 is 5.97 Å². The third-order valence-electron chi connectivity index (χ3n) is 5.61. The third-order valence-corrected chi connectivity index (χ3v) is 5.61. The van der Waals surface area contributed by atoms with E-state index in [1.165, 1.54) is 19.2 Å². The van der Waals surface area contributed by atoms with Gasteiger partial charge in [0.2, 0.25) is 11.7 Å². The Balaban J connectivity index is 1.62. The van der Waals surface area contributed by atoms with Crippen LogP contribution in [0.4, 0.5) is 4.39 Å². The quantitative estimate of drug-likeness (QED) is 0.515. The van der Waals surface area contributed by atoms with Gasteiger partial charge in [0.05, 0.1) is 34.3 Å². The Kier molecular flexibility index (Phi) is 6.36. The Morgan fingerprint density at radius 3 is 2.56 bits per heavy atom. The summed E-state index contributed by atoms with van der Waals surface area (Å²) >= 11 is 0. The van der Waals surface area contributed by atoms with Crippen LogP contribution in [0.3, 0.4) is 0 Å². The van der Waals surface area contributed by atoms with Crippen molar-refractivity contribution in [3.05, 3.63) is 59.2 Å². The SMILES string of the molecule is COC(=O)C[C@@H]1c2cc(OC)c(OC)cc2CCN1Cc1nc(-c2ccc(F)cc2)no1. The van der Waals surface area contributed by atoms with E-state index in [0.29, 0.717) is 41.9 Å². The maximum absolute atomic E-state index is 13.2. The van der Waals surface area contributed by atoms with E-state index < -0.39 is 0 Å². The fourth-order valence-electron chi connectivity index (χ4n) is 3.96. The Bertz CT molecular complexity index is 1100. The van der Waals surface area contributed by atoms with E-state index in [9.17, 15) is 9.18 Å². The van der Waals surface area contributed by atoms with Crippen LogP contribution in [0, 0.1) is 5.82 Å².